The van der Waals surface area contributed by atoms with Crippen molar-refractivity contribution in [1.29, 1.82) is 5.26 Å². The van der Waals surface area contributed by atoms with Crippen LogP contribution < -0.4 is 5.32 Å². The van der Waals surface area contributed by atoms with Crippen molar-refractivity contribution in [3.05, 3.63) is 47.0 Å². The summed E-state index contributed by atoms with van der Waals surface area (Å²) in [7, 11) is 0. The summed E-state index contributed by atoms with van der Waals surface area (Å²) in [6.07, 6.45) is 3.38. The second-order valence-electron chi connectivity index (χ2n) is 5.57. The van der Waals surface area contributed by atoms with E-state index in [0.717, 1.165) is 11.3 Å². The van der Waals surface area contributed by atoms with Gasteiger partial charge in [0.15, 0.2) is 0 Å². The highest BCUT2D eigenvalue weighted by molar-refractivity contribution is 6.31. The normalized spacial score (nSPS) is 11.3. The summed E-state index contributed by atoms with van der Waals surface area (Å²) in [4.78, 5) is 4.03. The molecule has 0 saturated heterocycles. The van der Waals surface area contributed by atoms with Gasteiger partial charge in [0.2, 0.25) is 5.82 Å². The lowest BCUT2D eigenvalue weighted by Crippen LogP contribution is -2.35. The summed E-state index contributed by atoms with van der Waals surface area (Å²) >= 11 is 6.31. The fourth-order valence-electron chi connectivity index (χ4n) is 1.88. The van der Waals surface area contributed by atoms with E-state index in [1.54, 1.807) is 17.0 Å². The largest absolute Gasteiger partial charge is 0.308 e. The number of imidazole rings is 1. The molecular formula is C15H17ClN4. The molecule has 0 saturated carbocycles. The van der Waals surface area contributed by atoms with Gasteiger partial charge in [-0.25, -0.2) is 4.98 Å². The molecule has 20 heavy (non-hydrogen) atoms. The molecular weight excluding hydrogens is 272 g/mol. The summed E-state index contributed by atoms with van der Waals surface area (Å²) < 4.78 is 1.76. The first-order valence-electron chi connectivity index (χ1n) is 6.38. The van der Waals surface area contributed by atoms with Crippen molar-refractivity contribution in [1.82, 2.24) is 14.9 Å². The lowest BCUT2D eigenvalue weighted by molar-refractivity contribution is 0.424. The van der Waals surface area contributed by atoms with Crippen LogP contribution >= 0.6 is 11.6 Å². The van der Waals surface area contributed by atoms with Crippen molar-refractivity contribution in [2.24, 2.45) is 0 Å². The lowest BCUT2D eigenvalue weighted by Gasteiger charge is -2.22. The van der Waals surface area contributed by atoms with Crippen LogP contribution in [0.1, 0.15) is 32.2 Å². The number of halogens is 1. The molecule has 104 valence electrons. The molecule has 0 radical (unpaired) electrons. The Bertz CT molecular complexity index is 647. The van der Waals surface area contributed by atoms with Crippen molar-refractivity contribution in [2.45, 2.75) is 32.9 Å². The fourth-order valence-corrected chi connectivity index (χ4v) is 2.12. The Morgan fingerprint density at radius 2 is 2.15 bits per heavy atom. The highest BCUT2D eigenvalue weighted by Crippen LogP contribution is 2.24. The maximum atomic E-state index is 9.11. The Kier molecular flexibility index (Phi) is 4.12. The molecule has 0 aliphatic carbocycles. The van der Waals surface area contributed by atoms with Gasteiger partial charge in [0, 0.05) is 35.1 Å². The van der Waals surface area contributed by atoms with Crippen LogP contribution in [0.25, 0.3) is 5.69 Å². The number of nitrogens with one attached hydrogen (secondary N) is 1. The molecule has 2 rings (SSSR count). The van der Waals surface area contributed by atoms with Crippen LogP contribution in [0.15, 0.2) is 30.6 Å². The molecule has 0 bridgehead atoms. The zero-order valence-electron chi connectivity index (χ0n) is 11.8. The van der Waals surface area contributed by atoms with Gasteiger partial charge in [-0.3, -0.25) is 4.57 Å². The van der Waals surface area contributed by atoms with Crippen LogP contribution in [-0.4, -0.2) is 15.1 Å². The van der Waals surface area contributed by atoms with Gasteiger partial charge in [0.05, 0.1) is 5.69 Å². The number of benzene rings is 1. The predicted molar refractivity (Wildman–Crippen MR) is 79.9 cm³/mol. The van der Waals surface area contributed by atoms with Crippen molar-refractivity contribution < 1.29 is 0 Å². The summed E-state index contributed by atoms with van der Waals surface area (Å²) in [5, 5.41) is 13.2. The topological polar surface area (TPSA) is 53.6 Å². The van der Waals surface area contributed by atoms with Gasteiger partial charge < -0.3 is 5.32 Å². The number of rotatable bonds is 3. The minimum atomic E-state index is -0.0105. The minimum absolute atomic E-state index is 0.0105. The van der Waals surface area contributed by atoms with Gasteiger partial charge >= 0.3 is 0 Å². The number of hydrogen-bond acceptors (Lipinski definition) is 3. The van der Waals surface area contributed by atoms with Crippen LogP contribution in [0, 0.1) is 11.3 Å². The summed E-state index contributed by atoms with van der Waals surface area (Å²) in [5.74, 6) is 0.351. The molecule has 0 amide bonds. The Balaban J connectivity index is 2.44. The Morgan fingerprint density at radius 3 is 2.80 bits per heavy atom. The second-order valence-corrected chi connectivity index (χ2v) is 5.98. The first kappa shape index (κ1) is 14.6. The van der Waals surface area contributed by atoms with E-state index in [1.165, 1.54) is 0 Å². The van der Waals surface area contributed by atoms with Crippen molar-refractivity contribution in [3.8, 4) is 11.8 Å². The summed E-state index contributed by atoms with van der Waals surface area (Å²) in [6, 6.07) is 7.75. The third kappa shape index (κ3) is 3.19. The molecule has 0 unspecified atom stereocenters. The monoisotopic (exact) mass is 288 g/mol. The predicted octanol–water partition coefficient (Wildman–Crippen LogP) is 3.29. The Morgan fingerprint density at radius 1 is 1.40 bits per heavy atom. The quantitative estimate of drug-likeness (QED) is 0.943. The third-order valence-electron chi connectivity index (χ3n) is 2.89. The third-order valence-corrected chi connectivity index (χ3v) is 3.24. The Hall–Kier alpha value is -1.83. The summed E-state index contributed by atoms with van der Waals surface area (Å²) in [5.41, 5.74) is 1.82. The van der Waals surface area contributed by atoms with E-state index in [1.807, 2.05) is 18.2 Å². The fraction of sp³-hybridized carbons (Fsp3) is 0.333. The molecule has 0 fully saturated rings. The molecule has 5 heteroatoms. The first-order chi connectivity index (χ1) is 9.42. The molecule has 0 atom stereocenters. The molecule has 0 spiro atoms. The molecule has 1 aromatic carbocycles. The smallest absolute Gasteiger partial charge is 0.217 e. The van der Waals surface area contributed by atoms with Gasteiger partial charge in [0.1, 0.15) is 6.07 Å². The van der Waals surface area contributed by atoms with E-state index >= 15 is 0 Å². The molecule has 0 aliphatic rings. The van der Waals surface area contributed by atoms with Crippen LogP contribution in [-0.2, 0) is 6.54 Å². The zero-order valence-corrected chi connectivity index (χ0v) is 12.6. The van der Waals surface area contributed by atoms with Gasteiger partial charge in [-0.2, -0.15) is 5.26 Å². The number of nitrogens with zero attached hydrogens (tertiary/aromatic N) is 3. The zero-order chi connectivity index (χ0) is 14.8. The highest BCUT2D eigenvalue weighted by atomic mass is 35.5. The van der Waals surface area contributed by atoms with Crippen LogP contribution in [0.5, 0.6) is 0 Å². The van der Waals surface area contributed by atoms with Gasteiger partial charge in [-0.1, -0.05) is 17.7 Å². The van der Waals surface area contributed by atoms with Crippen molar-refractivity contribution >= 4 is 11.6 Å². The van der Waals surface area contributed by atoms with E-state index in [2.05, 4.69) is 37.1 Å². The van der Waals surface area contributed by atoms with Gasteiger partial charge in [0.25, 0.3) is 0 Å². The first-order valence-corrected chi connectivity index (χ1v) is 6.76. The minimum Gasteiger partial charge on any atom is -0.308 e. The van der Waals surface area contributed by atoms with E-state index in [-0.39, 0.29) is 5.54 Å². The van der Waals surface area contributed by atoms with Gasteiger partial charge in [-0.05, 0) is 32.9 Å². The van der Waals surface area contributed by atoms with Crippen molar-refractivity contribution in [3.63, 3.8) is 0 Å². The molecule has 2 aromatic rings. The maximum absolute atomic E-state index is 9.11. The lowest BCUT2D eigenvalue weighted by atomic mass is 10.1. The number of aromatic nitrogens is 2. The van der Waals surface area contributed by atoms with Crippen molar-refractivity contribution in [2.75, 3.05) is 0 Å². The molecule has 1 heterocycles. The molecule has 1 N–H and O–H groups in total. The SMILES string of the molecule is CC(C)(C)NCc1c(Cl)cccc1-n1ccnc1C#N. The standard InChI is InChI=1S/C15H17ClN4/c1-15(2,3)19-10-11-12(16)5-4-6-13(11)20-8-7-18-14(20)9-17/h4-8,19H,10H2,1-3H3. The Labute approximate surface area is 124 Å². The second kappa shape index (κ2) is 5.66. The average Bonchev–Trinajstić information content (AvgIpc) is 2.84. The molecule has 0 aliphatic heterocycles. The van der Waals surface area contributed by atoms with Gasteiger partial charge in [-0.15, -0.1) is 0 Å². The van der Waals surface area contributed by atoms with Crippen LogP contribution in [0.4, 0.5) is 0 Å². The average molecular weight is 289 g/mol. The van der Waals surface area contributed by atoms with Crippen LogP contribution in [0.3, 0.4) is 0 Å². The highest BCUT2D eigenvalue weighted by Gasteiger charge is 2.15. The van der Waals surface area contributed by atoms with E-state index in [4.69, 9.17) is 16.9 Å². The molecule has 4 nitrogen and oxygen atoms in total. The number of nitriles is 1. The molecule has 1 aromatic heterocycles. The van der Waals surface area contributed by atoms with E-state index in [0.29, 0.717) is 17.4 Å². The summed E-state index contributed by atoms with van der Waals surface area (Å²) in [6.45, 7) is 6.92. The number of hydrogen-bond donors (Lipinski definition) is 1. The van der Waals surface area contributed by atoms with Crippen LogP contribution in [0.2, 0.25) is 5.02 Å². The van der Waals surface area contributed by atoms with E-state index in [9.17, 15) is 0 Å². The maximum Gasteiger partial charge on any atom is 0.217 e. The van der Waals surface area contributed by atoms with E-state index < -0.39 is 0 Å².